The van der Waals surface area contributed by atoms with Crippen LogP contribution in [-0.2, 0) is 6.42 Å². The Kier molecular flexibility index (Phi) is 4.65. The Hall–Kier alpha value is -3.71. The normalized spacial score (nSPS) is 12.5. The summed E-state index contributed by atoms with van der Waals surface area (Å²) in [6.07, 6.45) is 6.23. The van der Waals surface area contributed by atoms with Crippen molar-refractivity contribution in [1.29, 1.82) is 0 Å². The molecule has 0 aliphatic rings. The molecule has 0 saturated carbocycles. The zero-order chi connectivity index (χ0) is 20.5. The summed E-state index contributed by atoms with van der Waals surface area (Å²) in [6.45, 7) is 2.33. The van der Waals surface area contributed by atoms with Gasteiger partial charge < -0.3 is 15.5 Å². The molecule has 0 amide bonds. The molecule has 5 aromatic rings. The maximum Gasteiger partial charge on any atom is 0.138 e. The summed E-state index contributed by atoms with van der Waals surface area (Å²) < 4.78 is 5.94. The minimum Gasteiger partial charge on any atom is -0.490 e. The molecular formula is C23H22N6O. The van der Waals surface area contributed by atoms with Gasteiger partial charge in [0.2, 0.25) is 0 Å². The average molecular weight is 398 g/mol. The van der Waals surface area contributed by atoms with Gasteiger partial charge in [-0.15, -0.1) is 0 Å². The molecule has 0 aliphatic heterocycles. The van der Waals surface area contributed by atoms with Gasteiger partial charge in [-0.2, -0.15) is 5.10 Å². The van der Waals surface area contributed by atoms with Crippen molar-refractivity contribution in [3.05, 3.63) is 72.3 Å². The van der Waals surface area contributed by atoms with E-state index in [2.05, 4.69) is 32.3 Å². The van der Waals surface area contributed by atoms with E-state index in [0.29, 0.717) is 12.4 Å². The fourth-order valence-corrected chi connectivity index (χ4v) is 3.67. The Morgan fingerprint density at radius 2 is 2.00 bits per heavy atom. The molecule has 30 heavy (non-hydrogen) atoms. The highest BCUT2D eigenvalue weighted by Crippen LogP contribution is 2.24. The maximum atomic E-state index is 6.34. The lowest BCUT2D eigenvalue weighted by molar-refractivity contribution is 0.287. The Bertz CT molecular complexity index is 1320. The Balaban J connectivity index is 1.29. The van der Waals surface area contributed by atoms with E-state index in [-0.39, 0.29) is 6.04 Å². The van der Waals surface area contributed by atoms with E-state index in [0.717, 1.165) is 39.9 Å². The third-order valence-electron chi connectivity index (χ3n) is 5.21. The Morgan fingerprint density at radius 3 is 2.93 bits per heavy atom. The second-order valence-corrected chi connectivity index (χ2v) is 7.45. The number of nitrogens with one attached hydrogen (secondary N) is 2. The molecule has 7 nitrogen and oxygen atoms in total. The van der Waals surface area contributed by atoms with Crippen molar-refractivity contribution >= 4 is 21.9 Å². The van der Waals surface area contributed by atoms with Crippen LogP contribution in [0.4, 0.5) is 0 Å². The predicted molar refractivity (Wildman–Crippen MR) is 117 cm³/mol. The van der Waals surface area contributed by atoms with E-state index < -0.39 is 0 Å². The first-order valence-electron chi connectivity index (χ1n) is 9.88. The number of hydrogen-bond acceptors (Lipinski definition) is 5. The van der Waals surface area contributed by atoms with Crippen molar-refractivity contribution in [2.75, 3.05) is 6.61 Å². The number of benzene rings is 1. The van der Waals surface area contributed by atoms with Crippen molar-refractivity contribution in [3.63, 3.8) is 0 Å². The molecule has 1 aromatic carbocycles. The van der Waals surface area contributed by atoms with Gasteiger partial charge in [0, 0.05) is 34.9 Å². The number of pyridine rings is 2. The first-order valence-corrected chi connectivity index (χ1v) is 9.88. The van der Waals surface area contributed by atoms with Gasteiger partial charge in [0.25, 0.3) is 0 Å². The minimum absolute atomic E-state index is 0.129. The highest BCUT2D eigenvalue weighted by molar-refractivity contribution is 5.83. The van der Waals surface area contributed by atoms with Crippen LogP contribution >= 0.6 is 0 Å². The van der Waals surface area contributed by atoms with Crippen LogP contribution in [0.3, 0.4) is 0 Å². The third kappa shape index (κ3) is 3.51. The molecule has 0 fully saturated rings. The fourth-order valence-electron chi connectivity index (χ4n) is 3.67. The van der Waals surface area contributed by atoms with E-state index >= 15 is 0 Å². The molecule has 4 N–H and O–H groups in total. The molecule has 0 radical (unpaired) electrons. The monoisotopic (exact) mass is 398 g/mol. The molecule has 0 spiro atoms. The summed E-state index contributed by atoms with van der Waals surface area (Å²) in [5.74, 6) is 0.674. The molecule has 0 bridgehead atoms. The van der Waals surface area contributed by atoms with Crippen molar-refractivity contribution in [1.82, 2.24) is 25.1 Å². The van der Waals surface area contributed by atoms with Gasteiger partial charge in [-0.1, -0.05) is 18.2 Å². The summed E-state index contributed by atoms with van der Waals surface area (Å²) in [4.78, 5) is 12.3. The van der Waals surface area contributed by atoms with Crippen LogP contribution in [-0.4, -0.2) is 37.8 Å². The van der Waals surface area contributed by atoms with Crippen molar-refractivity contribution < 1.29 is 4.74 Å². The summed E-state index contributed by atoms with van der Waals surface area (Å²) in [5.41, 5.74) is 13.0. The van der Waals surface area contributed by atoms with E-state index in [1.165, 1.54) is 10.9 Å². The van der Waals surface area contributed by atoms with Crippen molar-refractivity contribution in [2.45, 2.75) is 19.4 Å². The molecule has 4 aromatic heterocycles. The van der Waals surface area contributed by atoms with E-state index in [1.807, 2.05) is 43.5 Å². The number of para-hydroxylation sites is 1. The molecule has 0 saturated heterocycles. The smallest absolute Gasteiger partial charge is 0.138 e. The first kappa shape index (κ1) is 18.3. The second-order valence-electron chi connectivity index (χ2n) is 7.45. The molecule has 4 heterocycles. The van der Waals surface area contributed by atoms with Crippen LogP contribution in [0.1, 0.15) is 11.3 Å². The average Bonchev–Trinajstić information content (AvgIpc) is 3.36. The van der Waals surface area contributed by atoms with Crippen LogP contribution in [0.15, 0.2) is 61.1 Å². The molecule has 0 aliphatic carbocycles. The zero-order valence-corrected chi connectivity index (χ0v) is 16.6. The van der Waals surface area contributed by atoms with Crippen molar-refractivity contribution in [2.24, 2.45) is 5.73 Å². The molecule has 5 rings (SSSR count). The summed E-state index contributed by atoms with van der Waals surface area (Å²) in [5, 5.41) is 8.37. The van der Waals surface area contributed by atoms with Gasteiger partial charge in [-0.3, -0.25) is 10.1 Å². The zero-order valence-electron chi connectivity index (χ0n) is 16.6. The predicted octanol–water partition coefficient (Wildman–Crippen LogP) is 3.76. The number of hydrogen-bond donors (Lipinski definition) is 3. The quantitative estimate of drug-likeness (QED) is 0.404. The van der Waals surface area contributed by atoms with E-state index in [1.54, 1.807) is 12.4 Å². The molecule has 0 unspecified atom stereocenters. The van der Waals surface area contributed by atoms with Crippen LogP contribution < -0.4 is 10.5 Å². The summed E-state index contributed by atoms with van der Waals surface area (Å²) in [6, 6.07) is 14.0. The summed E-state index contributed by atoms with van der Waals surface area (Å²) in [7, 11) is 0. The number of aryl methyl sites for hydroxylation is 1. The fraction of sp³-hybridized carbons (Fsp3) is 0.174. The van der Waals surface area contributed by atoms with E-state index in [4.69, 9.17) is 15.5 Å². The first-order chi connectivity index (χ1) is 14.7. The number of nitrogens with two attached hydrogens (primary N) is 1. The number of aromatic amines is 2. The van der Waals surface area contributed by atoms with Crippen LogP contribution in [0.25, 0.3) is 33.2 Å². The molecular weight excluding hydrogens is 376 g/mol. The maximum absolute atomic E-state index is 6.34. The Morgan fingerprint density at radius 1 is 1.10 bits per heavy atom. The Labute approximate surface area is 173 Å². The van der Waals surface area contributed by atoms with Gasteiger partial charge >= 0.3 is 0 Å². The van der Waals surface area contributed by atoms with Gasteiger partial charge in [0.15, 0.2) is 0 Å². The van der Waals surface area contributed by atoms with Gasteiger partial charge in [0.1, 0.15) is 17.9 Å². The highest BCUT2D eigenvalue weighted by atomic mass is 16.5. The lowest BCUT2D eigenvalue weighted by Gasteiger charge is -2.13. The number of fused-ring (bicyclic) bond motifs is 2. The lowest BCUT2D eigenvalue weighted by atomic mass is 10.1. The third-order valence-corrected chi connectivity index (χ3v) is 5.21. The molecule has 7 heteroatoms. The van der Waals surface area contributed by atoms with Gasteiger partial charge in [-0.05, 0) is 43.2 Å². The number of H-pyrrole nitrogens is 2. The topological polar surface area (TPSA) is 105 Å². The lowest BCUT2D eigenvalue weighted by Crippen LogP contribution is -2.30. The van der Waals surface area contributed by atoms with Crippen LogP contribution in [0.5, 0.6) is 5.75 Å². The second kappa shape index (κ2) is 7.61. The standard InChI is InChI=1S/C23H22N6O/c1-14-23-22(29-28-14)7-6-20(27-23)16-9-18(12-25-10-16)30-13-17(24)8-15-11-26-21-5-3-2-4-19(15)21/h2-7,9-12,17,26H,8,13,24H2,1H3,(H,28,29)/t17-/m0/s1. The molecule has 150 valence electrons. The van der Waals surface area contributed by atoms with Gasteiger partial charge in [0.05, 0.1) is 23.1 Å². The number of rotatable bonds is 6. The number of ether oxygens (including phenoxy) is 1. The number of nitrogens with zero attached hydrogens (tertiary/aromatic N) is 3. The highest BCUT2D eigenvalue weighted by Gasteiger charge is 2.11. The number of aromatic nitrogens is 5. The SMILES string of the molecule is Cc1n[nH]c2ccc(-c3cncc(OC[C@@H](N)Cc4c[nH]c5ccccc45)c3)nc12. The van der Waals surface area contributed by atoms with Gasteiger partial charge in [-0.25, -0.2) is 4.98 Å². The largest absolute Gasteiger partial charge is 0.490 e. The van der Waals surface area contributed by atoms with E-state index in [9.17, 15) is 0 Å². The minimum atomic E-state index is -0.129. The van der Waals surface area contributed by atoms with Crippen molar-refractivity contribution in [3.8, 4) is 17.0 Å². The van der Waals surface area contributed by atoms with Crippen LogP contribution in [0.2, 0.25) is 0 Å². The summed E-state index contributed by atoms with van der Waals surface area (Å²) >= 11 is 0. The molecule has 1 atom stereocenters. The van der Waals surface area contributed by atoms with Crippen LogP contribution in [0, 0.1) is 6.92 Å².